The van der Waals surface area contributed by atoms with Gasteiger partial charge in [-0.2, -0.15) is 0 Å². The number of allylic oxidation sites excluding steroid dienone is 5. The Labute approximate surface area is 219 Å². The highest BCUT2D eigenvalue weighted by Gasteiger charge is 2.26. The van der Waals surface area contributed by atoms with Gasteiger partial charge in [0.1, 0.15) is 11.5 Å². The Morgan fingerprint density at radius 2 is 1.76 bits per heavy atom. The number of benzene rings is 1. The molecule has 1 aromatic heterocycles. The number of nitrogens with zero attached hydrogens (tertiary/aromatic N) is 2. The number of halogens is 1. The van der Waals surface area contributed by atoms with Gasteiger partial charge in [0.2, 0.25) is 0 Å². The summed E-state index contributed by atoms with van der Waals surface area (Å²) in [6, 6.07) is 6.46. The van der Waals surface area contributed by atoms with E-state index in [0.717, 1.165) is 39.0 Å². The topological polar surface area (TPSA) is 54.3 Å². The number of nitrogens with one attached hydrogen (secondary N) is 1. The third-order valence-electron chi connectivity index (χ3n) is 6.83. The van der Waals surface area contributed by atoms with Crippen molar-refractivity contribution in [1.29, 1.82) is 0 Å². The van der Waals surface area contributed by atoms with Gasteiger partial charge in [0.05, 0.1) is 5.52 Å². The van der Waals surface area contributed by atoms with E-state index in [9.17, 15) is 14.0 Å². The second kappa shape index (κ2) is 11.0. The largest absolute Gasteiger partial charge is 0.355 e. The highest BCUT2D eigenvalue weighted by Crippen LogP contribution is 2.31. The van der Waals surface area contributed by atoms with Gasteiger partial charge in [-0.15, -0.1) is 0 Å². The third-order valence-corrected chi connectivity index (χ3v) is 6.83. The van der Waals surface area contributed by atoms with Gasteiger partial charge in [-0.05, 0) is 81.2 Å². The molecule has 2 aromatic rings. The lowest BCUT2D eigenvalue weighted by Crippen LogP contribution is -2.30. The van der Waals surface area contributed by atoms with E-state index in [1.54, 1.807) is 41.8 Å². The summed E-state index contributed by atoms with van der Waals surface area (Å²) in [6.07, 6.45) is 4.02. The molecule has 194 valence electrons. The van der Waals surface area contributed by atoms with Crippen molar-refractivity contribution in [1.82, 2.24) is 14.8 Å². The Balaban J connectivity index is 1.99. The van der Waals surface area contributed by atoms with E-state index in [-0.39, 0.29) is 17.6 Å². The van der Waals surface area contributed by atoms with E-state index < -0.39 is 0 Å². The van der Waals surface area contributed by atoms with Crippen molar-refractivity contribution in [3.8, 4) is 0 Å². The molecular weight excluding hydrogens is 465 g/mol. The number of carbonyl (C=O) groups is 2. The number of aromatic nitrogens is 1. The van der Waals surface area contributed by atoms with Crippen LogP contribution in [0.2, 0.25) is 0 Å². The lowest BCUT2D eigenvalue weighted by atomic mass is 9.88. The van der Waals surface area contributed by atoms with Gasteiger partial charge < -0.3 is 14.8 Å². The van der Waals surface area contributed by atoms with Gasteiger partial charge in [-0.25, -0.2) is 4.39 Å². The molecule has 3 rings (SSSR count). The number of likely N-dealkylation sites (N-methyl/N-ethyl adjacent to an activating group) is 1. The molecule has 1 aliphatic rings. The molecule has 2 amide bonds. The van der Waals surface area contributed by atoms with Crippen LogP contribution in [0.4, 0.5) is 4.39 Å². The monoisotopic (exact) mass is 501 g/mol. The minimum Gasteiger partial charge on any atom is -0.355 e. The first kappa shape index (κ1) is 27.7. The Morgan fingerprint density at radius 3 is 2.30 bits per heavy atom. The van der Waals surface area contributed by atoms with Crippen molar-refractivity contribution in [3.63, 3.8) is 0 Å². The third kappa shape index (κ3) is 5.43. The minimum absolute atomic E-state index is 0.161. The van der Waals surface area contributed by atoms with E-state index in [1.807, 2.05) is 46.8 Å². The van der Waals surface area contributed by atoms with Gasteiger partial charge in [0.25, 0.3) is 11.8 Å². The average molecular weight is 502 g/mol. The zero-order valence-electron chi connectivity index (χ0n) is 22.9. The summed E-state index contributed by atoms with van der Waals surface area (Å²) in [6.45, 7) is 18.7. The summed E-state index contributed by atoms with van der Waals surface area (Å²) in [5.74, 6) is -0.713. The number of rotatable bonds is 7. The zero-order valence-corrected chi connectivity index (χ0v) is 22.9. The highest BCUT2D eigenvalue weighted by molar-refractivity contribution is 6.01. The molecule has 0 spiro atoms. The molecule has 0 bridgehead atoms. The Morgan fingerprint density at radius 1 is 1.08 bits per heavy atom. The van der Waals surface area contributed by atoms with E-state index in [4.69, 9.17) is 0 Å². The molecule has 0 unspecified atom stereocenters. The molecule has 0 fully saturated rings. The number of hydrogen-bond donors (Lipinski definition) is 1. The lowest BCUT2D eigenvalue weighted by Gasteiger charge is -2.19. The van der Waals surface area contributed by atoms with Crippen LogP contribution >= 0.6 is 0 Å². The Bertz CT molecular complexity index is 1440. The molecule has 37 heavy (non-hydrogen) atoms. The van der Waals surface area contributed by atoms with Crippen LogP contribution in [0.15, 0.2) is 94.2 Å². The minimum atomic E-state index is -0.346. The fourth-order valence-electron chi connectivity index (χ4n) is 4.54. The predicted octanol–water partition coefficient (Wildman–Crippen LogP) is 6.18. The van der Waals surface area contributed by atoms with Crippen molar-refractivity contribution in [2.75, 3.05) is 20.1 Å². The van der Waals surface area contributed by atoms with Crippen LogP contribution in [-0.4, -0.2) is 41.4 Å². The van der Waals surface area contributed by atoms with Crippen LogP contribution in [0.1, 0.15) is 45.1 Å². The first-order valence-electron chi connectivity index (χ1n) is 12.3. The standard InChI is InChI=1S/C31H36FN3O2/c1-18(2)21(7)29(30(36)33-8)24(20(5)6)15-23(19(3)4)22-13-14-35(17-22)31(37)28-16-25-26(32)11-10-12-27(25)34(28)9/h10-13,15-16H,1,5,14,17H2,2-4,6-9H3,(H,33,36)/b24-15+,29-21-. The molecule has 0 atom stereocenters. The van der Waals surface area contributed by atoms with E-state index in [0.29, 0.717) is 35.3 Å². The normalized spacial score (nSPS) is 14.3. The van der Waals surface area contributed by atoms with Crippen LogP contribution in [-0.2, 0) is 11.8 Å². The summed E-state index contributed by atoms with van der Waals surface area (Å²) >= 11 is 0. The van der Waals surface area contributed by atoms with Gasteiger partial charge in [0.15, 0.2) is 0 Å². The summed E-state index contributed by atoms with van der Waals surface area (Å²) in [5.41, 5.74) is 7.71. The Kier molecular flexibility index (Phi) is 8.22. The molecule has 1 aromatic carbocycles. The molecule has 2 heterocycles. The first-order chi connectivity index (χ1) is 17.4. The molecule has 0 radical (unpaired) electrons. The maximum absolute atomic E-state index is 14.3. The second-order valence-electron chi connectivity index (χ2n) is 9.79. The lowest BCUT2D eigenvalue weighted by molar-refractivity contribution is -0.116. The van der Waals surface area contributed by atoms with Gasteiger partial charge in [0, 0.05) is 38.1 Å². The van der Waals surface area contributed by atoms with E-state index in [1.165, 1.54) is 6.07 Å². The van der Waals surface area contributed by atoms with Crippen molar-refractivity contribution in [2.45, 2.75) is 34.6 Å². The van der Waals surface area contributed by atoms with Gasteiger partial charge >= 0.3 is 0 Å². The van der Waals surface area contributed by atoms with Crippen molar-refractivity contribution in [2.24, 2.45) is 7.05 Å². The molecule has 0 saturated carbocycles. The van der Waals surface area contributed by atoms with Crippen molar-refractivity contribution in [3.05, 3.63) is 106 Å². The number of amides is 2. The summed E-state index contributed by atoms with van der Waals surface area (Å²) in [4.78, 5) is 28.1. The molecular formula is C31H36FN3O2. The van der Waals surface area contributed by atoms with Crippen LogP contribution in [0.5, 0.6) is 0 Å². The molecule has 1 aliphatic heterocycles. The van der Waals surface area contributed by atoms with Gasteiger partial charge in [-0.3, -0.25) is 9.59 Å². The first-order valence-corrected chi connectivity index (χ1v) is 12.3. The molecule has 1 N–H and O–H groups in total. The number of aryl methyl sites for hydroxylation is 1. The molecule has 0 aliphatic carbocycles. The Hall–Kier alpha value is -3.93. The summed E-state index contributed by atoms with van der Waals surface area (Å²) in [5, 5.41) is 3.17. The van der Waals surface area contributed by atoms with E-state index >= 15 is 0 Å². The summed E-state index contributed by atoms with van der Waals surface area (Å²) in [7, 11) is 3.38. The summed E-state index contributed by atoms with van der Waals surface area (Å²) < 4.78 is 16.0. The van der Waals surface area contributed by atoms with Crippen molar-refractivity contribution >= 4 is 22.7 Å². The molecule has 6 heteroatoms. The SMILES string of the molecule is C=C(C)/C(C)=C(C(=O)NC)/C(=C/C(C1=CCN(C(=O)c2cc3c(F)cccc3n2C)C1)=C(C)C)C(=C)C. The molecule has 5 nitrogen and oxygen atoms in total. The number of hydrogen-bond acceptors (Lipinski definition) is 2. The number of carbonyl (C=O) groups excluding carboxylic acids is 2. The fraction of sp³-hybridized carbons (Fsp3) is 0.290. The zero-order chi connectivity index (χ0) is 27.6. The van der Waals surface area contributed by atoms with Crippen LogP contribution in [0, 0.1) is 5.82 Å². The van der Waals surface area contributed by atoms with Crippen LogP contribution in [0.3, 0.4) is 0 Å². The van der Waals surface area contributed by atoms with Gasteiger partial charge in [-0.1, -0.05) is 42.0 Å². The smallest absolute Gasteiger partial charge is 0.271 e. The highest BCUT2D eigenvalue weighted by atomic mass is 19.1. The molecule has 0 saturated heterocycles. The van der Waals surface area contributed by atoms with E-state index in [2.05, 4.69) is 18.5 Å². The quantitative estimate of drug-likeness (QED) is 0.364. The predicted molar refractivity (Wildman–Crippen MR) is 150 cm³/mol. The maximum atomic E-state index is 14.3. The van der Waals surface area contributed by atoms with Crippen LogP contribution in [0.25, 0.3) is 10.9 Å². The number of fused-ring (bicyclic) bond motifs is 1. The maximum Gasteiger partial charge on any atom is 0.271 e. The fourth-order valence-corrected chi connectivity index (χ4v) is 4.54. The average Bonchev–Trinajstić information content (AvgIpc) is 3.46. The second-order valence-corrected chi connectivity index (χ2v) is 9.79. The van der Waals surface area contributed by atoms with Crippen LogP contribution < -0.4 is 5.32 Å². The van der Waals surface area contributed by atoms with Crippen molar-refractivity contribution < 1.29 is 14.0 Å².